The summed E-state index contributed by atoms with van der Waals surface area (Å²) in [6.07, 6.45) is 4.21. The summed E-state index contributed by atoms with van der Waals surface area (Å²) >= 11 is 0. The van der Waals surface area contributed by atoms with Crippen LogP contribution >= 0.6 is 0 Å². The van der Waals surface area contributed by atoms with Crippen LogP contribution in [0.3, 0.4) is 0 Å². The molecule has 1 unspecified atom stereocenters. The monoisotopic (exact) mass is 113 g/mol. The Labute approximate surface area is 51.8 Å². The Morgan fingerprint density at radius 2 is 2.25 bits per heavy atom. The zero-order valence-corrected chi connectivity index (χ0v) is 5.94. The maximum Gasteiger partial charge on any atom is 0.0221 e. The zero-order valence-electron chi connectivity index (χ0n) is 5.94. The summed E-state index contributed by atoms with van der Waals surface area (Å²) in [7, 11) is 0. The molecule has 0 saturated carbocycles. The molecule has 0 fully saturated rings. The molecule has 0 aliphatic rings. The second-order valence-corrected chi connectivity index (χ2v) is 1.87. The van der Waals surface area contributed by atoms with Crippen LogP contribution in [0.25, 0.3) is 0 Å². The highest BCUT2D eigenvalue weighted by Gasteiger charge is 1.87. The van der Waals surface area contributed by atoms with Crippen LogP contribution in [0.4, 0.5) is 0 Å². The first-order valence-corrected chi connectivity index (χ1v) is 3.17. The standard InChI is InChI=1S/C7H15N/c1-4-6-7(3)8-5-2/h4,6-8H,5H2,1-3H3/b6-4-. The fourth-order valence-corrected chi connectivity index (χ4v) is 0.679. The van der Waals surface area contributed by atoms with E-state index in [0.717, 1.165) is 6.54 Å². The third-order valence-corrected chi connectivity index (χ3v) is 1.01. The first kappa shape index (κ1) is 7.70. The van der Waals surface area contributed by atoms with E-state index in [1.165, 1.54) is 0 Å². The molecule has 1 heteroatoms. The first-order valence-electron chi connectivity index (χ1n) is 3.17. The Kier molecular flexibility index (Phi) is 4.67. The van der Waals surface area contributed by atoms with E-state index >= 15 is 0 Å². The van der Waals surface area contributed by atoms with E-state index in [1.807, 2.05) is 6.92 Å². The van der Waals surface area contributed by atoms with Crippen LogP contribution in [0.2, 0.25) is 0 Å². The summed E-state index contributed by atoms with van der Waals surface area (Å²) in [6, 6.07) is 0.532. The van der Waals surface area contributed by atoms with Crippen LogP contribution in [0.15, 0.2) is 12.2 Å². The lowest BCUT2D eigenvalue weighted by molar-refractivity contribution is 0.660. The van der Waals surface area contributed by atoms with Gasteiger partial charge in [-0.1, -0.05) is 19.1 Å². The van der Waals surface area contributed by atoms with Gasteiger partial charge in [0.05, 0.1) is 0 Å². The lowest BCUT2D eigenvalue weighted by Crippen LogP contribution is -2.22. The van der Waals surface area contributed by atoms with Gasteiger partial charge >= 0.3 is 0 Å². The van der Waals surface area contributed by atoms with Gasteiger partial charge in [-0.05, 0) is 20.4 Å². The number of hydrogen-bond acceptors (Lipinski definition) is 1. The highest BCUT2D eigenvalue weighted by atomic mass is 14.9. The predicted octanol–water partition coefficient (Wildman–Crippen LogP) is 1.56. The van der Waals surface area contributed by atoms with Crippen molar-refractivity contribution < 1.29 is 0 Å². The molecule has 0 aromatic rings. The largest absolute Gasteiger partial charge is 0.311 e. The number of likely N-dealkylation sites (N-methyl/N-ethyl adjacent to an activating group) is 1. The highest BCUT2D eigenvalue weighted by molar-refractivity contribution is 4.87. The lowest BCUT2D eigenvalue weighted by atomic mass is 10.3. The molecule has 1 N–H and O–H groups in total. The normalized spacial score (nSPS) is 14.9. The molecule has 0 aromatic carbocycles. The van der Waals surface area contributed by atoms with Crippen LogP contribution in [0.5, 0.6) is 0 Å². The minimum absolute atomic E-state index is 0.532. The minimum atomic E-state index is 0.532. The quantitative estimate of drug-likeness (QED) is 0.548. The molecule has 48 valence electrons. The number of nitrogens with one attached hydrogen (secondary N) is 1. The second-order valence-electron chi connectivity index (χ2n) is 1.87. The van der Waals surface area contributed by atoms with Gasteiger partial charge in [-0.15, -0.1) is 0 Å². The Hall–Kier alpha value is -0.300. The van der Waals surface area contributed by atoms with Crippen molar-refractivity contribution in [2.75, 3.05) is 6.54 Å². The molecule has 1 atom stereocenters. The Bertz CT molecular complexity index is 66.8. The topological polar surface area (TPSA) is 12.0 Å². The summed E-state index contributed by atoms with van der Waals surface area (Å²) in [5.74, 6) is 0. The van der Waals surface area contributed by atoms with E-state index in [1.54, 1.807) is 0 Å². The molecule has 8 heavy (non-hydrogen) atoms. The molecule has 0 amide bonds. The number of rotatable bonds is 3. The Morgan fingerprint density at radius 3 is 2.62 bits per heavy atom. The third kappa shape index (κ3) is 3.88. The summed E-state index contributed by atoms with van der Waals surface area (Å²) in [6.45, 7) is 7.34. The molecule has 0 aliphatic carbocycles. The maximum atomic E-state index is 3.26. The van der Waals surface area contributed by atoms with Crippen molar-refractivity contribution in [3.8, 4) is 0 Å². The Balaban J connectivity index is 3.17. The van der Waals surface area contributed by atoms with E-state index in [9.17, 15) is 0 Å². The van der Waals surface area contributed by atoms with Crippen molar-refractivity contribution in [3.63, 3.8) is 0 Å². The molecule has 0 saturated heterocycles. The predicted molar refractivity (Wildman–Crippen MR) is 38.0 cm³/mol. The van der Waals surface area contributed by atoms with Crippen LogP contribution in [0, 0.1) is 0 Å². The molecule has 0 radical (unpaired) electrons. The van der Waals surface area contributed by atoms with Crippen LogP contribution in [0.1, 0.15) is 20.8 Å². The summed E-state index contributed by atoms with van der Waals surface area (Å²) in [4.78, 5) is 0. The molecular weight excluding hydrogens is 98.1 g/mol. The van der Waals surface area contributed by atoms with Crippen molar-refractivity contribution in [2.24, 2.45) is 0 Å². The van der Waals surface area contributed by atoms with Gasteiger partial charge in [0.1, 0.15) is 0 Å². The first-order chi connectivity index (χ1) is 3.81. The fraction of sp³-hybridized carbons (Fsp3) is 0.714. The van der Waals surface area contributed by atoms with Crippen LogP contribution in [-0.2, 0) is 0 Å². The van der Waals surface area contributed by atoms with Gasteiger partial charge in [-0.2, -0.15) is 0 Å². The minimum Gasteiger partial charge on any atom is -0.311 e. The zero-order chi connectivity index (χ0) is 6.41. The van der Waals surface area contributed by atoms with Gasteiger partial charge in [0.2, 0.25) is 0 Å². The van der Waals surface area contributed by atoms with E-state index in [2.05, 4.69) is 31.3 Å². The van der Waals surface area contributed by atoms with Gasteiger partial charge in [-0.25, -0.2) is 0 Å². The molecule has 0 aromatic heterocycles. The smallest absolute Gasteiger partial charge is 0.0221 e. The average molecular weight is 113 g/mol. The van der Waals surface area contributed by atoms with Crippen molar-refractivity contribution >= 4 is 0 Å². The van der Waals surface area contributed by atoms with E-state index in [-0.39, 0.29) is 0 Å². The van der Waals surface area contributed by atoms with E-state index in [4.69, 9.17) is 0 Å². The van der Waals surface area contributed by atoms with Gasteiger partial charge in [0.15, 0.2) is 0 Å². The second kappa shape index (κ2) is 4.85. The SMILES string of the molecule is C/C=C\C(C)NCC. The van der Waals surface area contributed by atoms with Crippen molar-refractivity contribution in [1.82, 2.24) is 5.32 Å². The average Bonchev–Trinajstić information content (AvgIpc) is 1.68. The Morgan fingerprint density at radius 1 is 1.62 bits per heavy atom. The third-order valence-electron chi connectivity index (χ3n) is 1.01. The lowest BCUT2D eigenvalue weighted by Gasteiger charge is -2.03. The summed E-state index contributed by atoms with van der Waals surface area (Å²) < 4.78 is 0. The number of hydrogen-bond donors (Lipinski definition) is 1. The van der Waals surface area contributed by atoms with Crippen LogP contribution in [-0.4, -0.2) is 12.6 Å². The summed E-state index contributed by atoms with van der Waals surface area (Å²) in [5, 5.41) is 3.26. The van der Waals surface area contributed by atoms with E-state index < -0.39 is 0 Å². The molecule has 0 spiro atoms. The van der Waals surface area contributed by atoms with Gasteiger partial charge in [-0.3, -0.25) is 0 Å². The highest BCUT2D eigenvalue weighted by Crippen LogP contribution is 1.81. The molecular formula is C7H15N. The molecule has 1 nitrogen and oxygen atoms in total. The number of allylic oxidation sites excluding steroid dienone is 1. The van der Waals surface area contributed by atoms with Gasteiger partial charge in [0.25, 0.3) is 0 Å². The molecule has 0 aliphatic heterocycles. The fourth-order valence-electron chi connectivity index (χ4n) is 0.679. The van der Waals surface area contributed by atoms with E-state index in [0.29, 0.717) is 6.04 Å². The maximum absolute atomic E-state index is 3.26. The van der Waals surface area contributed by atoms with Crippen molar-refractivity contribution in [3.05, 3.63) is 12.2 Å². The molecule has 0 bridgehead atoms. The van der Waals surface area contributed by atoms with Crippen molar-refractivity contribution in [2.45, 2.75) is 26.8 Å². The van der Waals surface area contributed by atoms with Crippen LogP contribution < -0.4 is 5.32 Å². The van der Waals surface area contributed by atoms with Crippen molar-refractivity contribution in [1.29, 1.82) is 0 Å². The summed E-state index contributed by atoms with van der Waals surface area (Å²) in [5.41, 5.74) is 0. The molecule has 0 heterocycles. The molecule has 0 rings (SSSR count). The van der Waals surface area contributed by atoms with Gasteiger partial charge in [0, 0.05) is 6.04 Å². The van der Waals surface area contributed by atoms with Gasteiger partial charge < -0.3 is 5.32 Å².